The topological polar surface area (TPSA) is 80.4 Å². The van der Waals surface area contributed by atoms with Crippen LogP contribution < -0.4 is 5.73 Å². The number of ether oxygens (including phenoxy) is 2. The van der Waals surface area contributed by atoms with Gasteiger partial charge >= 0.3 is 0 Å². The Hall–Kier alpha value is -0.610. The van der Waals surface area contributed by atoms with Crippen molar-refractivity contribution in [3.05, 3.63) is 0 Å². The second kappa shape index (κ2) is 8.63. The maximum Gasteiger partial charge on any atom is 0.244 e. The summed E-state index contributed by atoms with van der Waals surface area (Å²) in [5.74, 6) is 0.435. The molecule has 1 amide bonds. The summed E-state index contributed by atoms with van der Waals surface area (Å²) in [6, 6.07) is 0. The number of rotatable bonds is 2. The second-order valence-electron chi connectivity index (χ2n) is 4.80. The van der Waals surface area contributed by atoms with Crippen molar-refractivity contribution in [1.82, 2.24) is 9.80 Å². The van der Waals surface area contributed by atoms with Crippen LogP contribution in [0.5, 0.6) is 0 Å². The van der Waals surface area contributed by atoms with E-state index in [-0.39, 0.29) is 42.5 Å². The monoisotopic (exact) mass is 398 g/mol. The lowest BCUT2D eigenvalue weighted by Gasteiger charge is -2.32. The Morgan fingerprint density at radius 2 is 1.90 bits per heavy atom. The first-order valence-electron chi connectivity index (χ1n) is 6.69. The van der Waals surface area contributed by atoms with Crippen molar-refractivity contribution in [2.24, 2.45) is 10.7 Å². The quantitative estimate of drug-likeness (QED) is 0.386. The summed E-state index contributed by atoms with van der Waals surface area (Å²) in [6.07, 6.45) is 0.150. The first-order valence-corrected chi connectivity index (χ1v) is 6.69. The Labute approximate surface area is 136 Å². The van der Waals surface area contributed by atoms with E-state index in [0.29, 0.717) is 38.9 Å². The molecule has 2 saturated heterocycles. The zero-order valence-electron chi connectivity index (χ0n) is 11.8. The van der Waals surface area contributed by atoms with Crippen LogP contribution in [0.2, 0.25) is 0 Å². The zero-order chi connectivity index (χ0) is 13.7. The average molecular weight is 398 g/mol. The highest BCUT2D eigenvalue weighted by Gasteiger charge is 2.19. The third-order valence-corrected chi connectivity index (χ3v) is 3.31. The average Bonchev–Trinajstić information content (AvgIpc) is 2.45. The number of guanidine groups is 1. The van der Waals surface area contributed by atoms with Gasteiger partial charge in [-0.1, -0.05) is 0 Å². The van der Waals surface area contributed by atoms with Gasteiger partial charge in [-0.3, -0.25) is 4.79 Å². The van der Waals surface area contributed by atoms with Crippen molar-refractivity contribution in [1.29, 1.82) is 0 Å². The first kappa shape index (κ1) is 17.4. The summed E-state index contributed by atoms with van der Waals surface area (Å²) >= 11 is 0. The minimum absolute atomic E-state index is 0. The molecule has 2 N–H and O–H groups in total. The molecule has 0 aromatic carbocycles. The van der Waals surface area contributed by atoms with Gasteiger partial charge in [-0.25, -0.2) is 4.99 Å². The summed E-state index contributed by atoms with van der Waals surface area (Å²) in [7, 11) is 0. The largest absolute Gasteiger partial charge is 0.378 e. The van der Waals surface area contributed by atoms with Crippen molar-refractivity contribution >= 4 is 35.8 Å². The molecule has 0 aromatic rings. The van der Waals surface area contributed by atoms with E-state index in [0.717, 1.165) is 13.1 Å². The molecule has 2 rings (SSSR count). The van der Waals surface area contributed by atoms with Crippen LogP contribution in [-0.4, -0.2) is 80.3 Å². The van der Waals surface area contributed by atoms with Crippen LogP contribution in [0.4, 0.5) is 0 Å². The van der Waals surface area contributed by atoms with Crippen molar-refractivity contribution in [2.75, 3.05) is 52.5 Å². The van der Waals surface area contributed by atoms with Crippen LogP contribution in [0.25, 0.3) is 0 Å². The molecule has 2 fully saturated rings. The number of hydrogen-bond acceptors (Lipinski definition) is 4. The lowest BCUT2D eigenvalue weighted by Crippen LogP contribution is -2.48. The number of amides is 1. The van der Waals surface area contributed by atoms with Crippen LogP contribution in [0.3, 0.4) is 0 Å². The van der Waals surface area contributed by atoms with Gasteiger partial charge in [-0.15, -0.1) is 24.0 Å². The predicted octanol–water partition coefficient (Wildman–Crippen LogP) is -0.501. The van der Waals surface area contributed by atoms with Gasteiger partial charge in [-0.05, 0) is 6.92 Å². The van der Waals surface area contributed by atoms with E-state index in [4.69, 9.17) is 15.2 Å². The van der Waals surface area contributed by atoms with E-state index < -0.39 is 0 Å². The summed E-state index contributed by atoms with van der Waals surface area (Å²) in [5.41, 5.74) is 5.91. The van der Waals surface area contributed by atoms with Gasteiger partial charge in [0.1, 0.15) is 6.54 Å². The molecular weight excluding hydrogens is 375 g/mol. The number of hydrogen-bond donors (Lipinski definition) is 1. The van der Waals surface area contributed by atoms with Gasteiger partial charge in [0, 0.05) is 26.2 Å². The van der Waals surface area contributed by atoms with Gasteiger partial charge in [0.25, 0.3) is 0 Å². The molecule has 0 saturated carbocycles. The van der Waals surface area contributed by atoms with Crippen LogP contribution in [0, 0.1) is 0 Å². The Morgan fingerprint density at radius 1 is 1.25 bits per heavy atom. The molecule has 0 aromatic heterocycles. The molecule has 0 bridgehead atoms. The van der Waals surface area contributed by atoms with Gasteiger partial charge in [-0.2, -0.15) is 0 Å². The summed E-state index contributed by atoms with van der Waals surface area (Å²) < 4.78 is 10.6. The van der Waals surface area contributed by atoms with Gasteiger partial charge < -0.3 is 25.0 Å². The molecule has 2 aliphatic rings. The van der Waals surface area contributed by atoms with Gasteiger partial charge in [0.05, 0.1) is 25.9 Å². The van der Waals surface area contributed by atoms with Crippen LogP contribution in [0.1, 0.15) is 6.92 Å². The number of nitrogens with zero attached hydrogens (tertiary/aromatic N) is 3. The highest BCUT2D eigenvalue weighted by atomic mass is 127. The summed E-state index contributed by atoms with van der Waals surface area (Å²) in [4.78, 5) is 19.8. The Morgan fingerprint density at radius 3 is 2.55 bits per heavy atom. The van der Waals surface area contributed by atoms with E-state index in [1.54, 1.807) is 4.90 Å². The maximum atomic E-state index is 11.9. The van der Waals surface area contributed by atoms with Crippen molar-refractivity contribution < 1.29 is 14.3 Å². The van der Waals surface area contributed by atoms with Crippen LogP contribution in [0.15, 0.2) is 4.99 Å². The molecule has 8 heteroatoms. The molecule has 116 valence electrons. The number of carbonyl (C=O) groups is 1. The standard InChI is InChI=1S/C12H22N4O3.HI/c1-10-9-16(4-7-19-10)12(13)14-8-11(17)15-2-5-18-6-3-15;/h10H,2-9H2,1H3,(H2,13,14);1H. The normalized spacial score (nSPS) is 24.2. The third-order valence-electron chi connectivity index (χ3n) is 3.31. The molecule has 0 aliphatic carbocycles. The van der Waals surface area contributed by atoms with E-state index in [2.05, 4.69) is 4.99 Å². The summed E-state index contributed by atoms with van der Waals surface area (Å²) in [5, 5.41) is 0. The third kappa shape index (κ3) is 5.06. The molecule has 0 spiro atoms. The molecule has 1 unspecified atom stereocenters. The molecule has 2 heterocycles. The van der Waals surface area contributed by atoms with Crippen molar-refractivity contribution in [2.45, 2.75) is 13.0 Å². The van der Waals surface area contributed by atoms with E-state index in [9.17, 15) is 4.79 Å². The Balaban J connectivity index is 0.00000200. The molecular formula is C12H23IN4O3. The fourth-order valence-electron chi connectivity index (χ4n) is 2.19. The molecule has 1 atom stereocenters. The fraction of sp³-hybridized carbons (Fsp3) is 0.833. The lowest BCUT2D eigenvalue weighted by atomic mass is 10.3. The van der Waals surface area contributed by atoms with E-state index in [1.807, 2.05) is 11.8 Å². The maximum absolute atomic E-state index is 11.9. The van der Waals surface area contributed by atoms with Crippen molar-refractivity contribution in [3.63, 3.8) is 0 Å². The highest BCUT2D eigenvalue weighted by molar-refractivity contribution is 14.0. The van der Waals surface area contributed by atoms with Gasteiger partial charge in [0.2, 0.25) is 5.91 Å². The van der Waals surface area contributed by atoms with Crippen LogP contribution in [-0.2, 0) is 14.3 Å². The molecule has 2 aliphatic heterocycles. The number of aliphatic imine (C=N–C) groups is 1. The smallest absolute Gasteiger partial charge is 0.244 e. The predicted molar refractivity (Wildman–Crippen MR) is 86.3 cm³/mol. The minimum atomic E-state index is 0. The van der Waals surface area contributed by atoms with Crippen LogP contribution >= 0.6 is 24.0 Å². The lowest BCUT2D eigenvalue weighted by molar-refractivity contribution is -0.133. The Bertz CT molecular complexity index is 348. The van der Waals surface area contributed by atoms with E-state index in [1.165, 1.54) is 0 Å². The number of nitrogens with two attached hydrogens (primary N) is 1. The Kier molecular flexibility index (Phi) is 7.52. The minimum Gasteiger partial charge on any atom is -0.378 e. The number of carbonyl (C=O) groups excluding carboxylic acids is 1. The van der Waals surface area contributed by atoms with Gasteiger partial charge in [0.15, 0.2) is 5.96 Å². The van der Waals surface area contributed by atoms with E-state index >= 15 is 0 Å². The number of halogens is 1. The highest BCUT2D eigenvalue weighted by Crippen LogP contribution is 2.04. The SMILES string of the molecule is CC1CN(C(N)=NCC(=O)N2CCOCC2)CCO1.I. The summed E-state index contributed by atoms with van der Waals surface area (Å²) in [6.45, 7) is 6.70. The molecule has 7 nitrogen and oxygen atoms in total. The molecule has 20 heavy (non-hydrogen) atoms. The second-order valence-corrected chi connectivity index (χ2v) is 4.80. The van der Waals surface area contributed by atoms with Crippen molar-refractivity contribution in [3.8, 4) is 0 Å². The molecule has 0 radical (unpaired) electrons. The fourth-order valence-corrected chi connectivity index (χ4v) is 2.19. The first-order chi connectivity index (χ1) is 9.16. The number of morpholine rings is 2. The zero-order valence-corrected chi connectivity index (χ0v) is 14.1.